The molecule has 7 nitrogen and oxygen atoms in total. The van der Waals surface area contributed by atoms with Crippen molar-refractivity contribution in [3.63, 3.8) is 0 Å². The number of aromatic nitrogens is 4. The lowest BCUT2D eigenvalue weighted by Gasteiger charge is -2.31. The van der Waals surface area contributed by atoms with Gasteiger partial charge in [0.1, 0.15) is 12.7 Å². The Bertz CT molecular complexity index is 1060. The third-order valence-electron chi connectivity index (χ3n) is 4.96. The SMILES string of the molecule is CC(C)(C)n1cc(-c2cc3ncccc3c(OC[C@@H]3CNC[C@H](C(F)(F)F)O3)n2)cn1. The fraction of sp³-hybridized carbons (Fsp3) is 0.476. The molecule has 0 radical (unpaired) electrons. The summed E-state index contributed by atoms with van der Waals surface area (Å²) in [5.41, 5.74) is 1.89. The zero-order valence-electron chi connectivity index (χ0n) is 17.5. The lowest BCUT2D eigenvalue weighted by Crippen LogP contribution is -2.52. The highest BCUT2D eigenvalue weighted by Crippen LogP contribution is 2.30. The number of morpholine rings is 1. The second-order valence-corrected chi connectivity index (χ2v) is 8.48. The van der Waals surface area contributed by atoms with Crippen molar-refractivity contribution >= 4 is 10.9 Å². The van der Waals surface area contributed by atoms with Gasteiger partial charge in [-0.15, -0.1) is 0 Å². The van der Waals surface area contributed by atoms with Crippen molar-refractivity contribution in [3.8, 4) is 17.1 Å². The van der Waals surface area contributed by atoms with Crippen LogP contribution in [0.2, 0.25) is 0 Å². The van der Waals surface area contributed by atoms with Crippen LogP contribution in [0.3, 0.4) is 0 Å². The monoisotopic (exact) mass is 435 g/mol. The van der Waals surface area contributed by atoms with Crippen LogP contribution in [0.5, 0.6) is 5.88 Å². The van der Waals surface area contributed by atoms with E-state index in [1.165, 1.54) is 0 Å². The first-order chi connectivity index (χ1) is 14.6. The number of ether oxygens (including phenoxy) is 2. The number of alkyl halides is 3. The maximum absolute atomic E-state index is 13.0. The number of nitrogens with zero attached hydrogens (tertiary/aromatic N) is 4. The molecule has 2 atom stereocenters. The number of hydrogen-bond donors (Lipinski definition) is 1. The smallest absolute Gasteiger partial charge is 0.415 e. The Kier molecular flexibility index (Phi) is 5.61. The third kappa shape index (κ3) is 4.80. The van der Waals surface area contributed by atoms with E-state index in [9.17, 15) is 13.2 Å². The lowest BCUT2D eigenvalue weighted by atomic mass is 10.1. The predicted molar refractivity (Wildman–Crippen MR) is 109 cm³/mol. The third-order valence-corrected chi connectivity index (χ3v) is 4.96. The zero-order valence-corrected chi connectivity index (χ0v) is 17.5. The van der Waals surface area contributed by atoms with E-state index < -0.39 is 18.4 Å². The molecular formula is C21H24F3N5O2. The van der Waals surface area contributed by atoms with Gasteiger partial charge >= 0.3 is 6.18 Å². The Labute approximate surface area is 177 Å². The van der Waals surface area contributed by atoms with Gasteiger partial charge < -0.3 is 14.8 Å². The minimum absolute atomic E-state index is 0.0682. The highest BCUT2D eigenvalue weighted by Gasteiger charge is 2.43. The number of rotatable bonds is 4. The summed E-state index contributed by atoms with van der Waals surface area (Å²) in [6.45, 7) is 6.06. The van der Waals surface area contributed by atoms with Crippen molar-refractivity contribution in [3.05, 3.63) is 36.8 Å². The molecule has 31 heavy (non-hydrogen) atoms. The Morgan fingerprint density at radius 3 is 2.77 bits per heavy atom. The second-order valence-electron chi connectivity index (χ2n) is 8.48. The molecular weight excluding hydrogens is 411 g/mol. The molecule has 0 aromatic carbocycles. The molecule has 0 bridgehead atoms. The van der Waals surface area contributed by atoms with E-state index >= 15 is 0 Å². The van der Waals surface area contributed by atoms with Crippen LogP contribution in [0, 0.1) is 0 Å². The molecule has 1 aliphatic heterocycles. The number of nitrogens with one attached hydrogen (secondary N) is 1. The molecule has 1 fully saturated rings. The van der Waals surface area contributed by atoms with E-state index in [0.717, 1.165) is 5.56 Å². The summed E-state index contributed by atoms with van der Waals surface area (Å²) in [7, 11) is 0. The number of pyridine rings is 2. The molecule has 1 saturated heterocycles. The quantitative estimate of drug-likeness (QED) is 0.676. The van der Waals surface area contributed by atoms with Crippen molar-refractivity contribution in [1.82, 2.24) is 25.1 Å². The highest BCUT2D eigenvalue weighted by molar-refractivity contribution is 5.86. The van der Waals surface area contributed by atoms with E-state index in [-0.39, 0.29) is 25.2 Å². The van der Waals surface area contributed by atoms with Gasteiger partial charge in [0.25, 0.3) is 0 Å². The average Bonchev–Trinajstić information content (AvgIpc) is 3.22. The van der Waals surface area contributed by atoms with Crippen LogP contribution >= 0.6 is 0 Å². The van der Waals surface area contributed by atoms with E-state index in [1.54, 1.807) is 18.5 Å². The molecule has 4 heterocycles. The Hall–Kier alpha value is -2.72. The second kappa shape index (κ2) is 8.08. The Morgan fingerprint density at radius 2 is 2.06 bits per heavy atom. The molecule has 4 rings (SSSR count). The first-order valence-corrected chi connectivity index (χ1v) is 9.98. The van der Waals surface area contributed by atoms with Gasteiger partial charge in [0.2, 0.25) is 5.88 Å². The minimum Gasteiger partial charge on any atom is -0.474 e. The van der Waals surface area contributed by atoms with Crippen molar-refractivity contribution < 1.29 is 22.6 Å². The van der Waals surface area contributed by atoms with Gasteiger partial charge in [-0.25, -0.2) is 4.98 Å². The summed E-state index contributed by atoms with van der Waals surface area (Å²) in [5, 5.41) is 7.83. The zero-order chi connectivity index (χ0) is 22.2. The van der Waals surface area contributed by atoms with E-state index in [4.69, 9.17) is 9.47 Å². The summed E-state index contributed by atoms with van der Waals surface area (Å²) < 4.78 is 51.8. The number of hydrogen-bond acceptors (Lipinski definition) is 6. The molecule has 1 aliphatic rings. The first-order valence-electron chi connectivity index (χ1n) is 9.98. The van der Waals surface area contributed by atoms with Gasteiger partial charge in [0.15, 0.2) is 6.10 Å². The topological polar surface area (TPSA) is 74.1 Å². The molecule has 0 unspecified atom stereocenters. The number of fused-ring (bicyclic) bond motifs is 1. The predicted octanol–water partition coefficient (Wildman–Crippen LogP) is 3.55. The maximum Gasteiger partial charge on any atom is 0.415 e. The molecule has 0 spiro atoms. The fourth-order valence-corrected chi connectivity index (χ4v) is 3.29. The van der Waals surface area contributed by atoms with Gasteiger partial charge in [-0.3, -0.25) is 9.67 Å². The standard InChI is InChI=1S/C21H24F3N5O2/c1-20(2,3)29-11-13(8-27-29)16-7-17-15(5-4-6-26-17)19(28-16)30-12-14-9-25-10-18(31-14)21(22,23)24/h4-8,11,14,18,25H,9-10,12H2,1-3H3/t14-,18+/m0/s1. The maximum atomic E-state index is 13.0. The van der Waals surface area contributed by atoms with E-state index in [0.29, 0.717) is 22.5 Å². The van der Waals surface area contributed by atoms with Gasteiger partial charge in [0, 0.05) is 31.0 Å². The minimum atomic E-state index is -4.42. The average molecular weight is 435 g/mol. The van der Waals surface area contributed by atoms with Crippen molar-refractivity contribution in [2.24, 2.45) is 0 Å². The fourth-order valence-electron chi connectivity index (χ4n) is 3.29. The van der Waals surface area contributed by atoms with Crippen molar-refractivity contribution in [2.45, 2.75) is 44.7 Å². The lowest BCUT2D eigenvalue weighted by molar-refractivity contribution is -0.241. The molecule has 0 amide bonds. The van der Waals surface area contributed by atoms with E-state index in [2.05, 4.69) is 20.4 Å². The summed E-state index contributed by atoms with van der Waals surface area (Å²) in [6.07, 6.45) is -1.75. The van der Waals surface area contributed by atoms with Crippen LogP contribution in [0.4, 0.5) is 13.2 Å². The van der Waals surface area contributed by atoms with Crippen LogP contribution in [-0.2, 0) is 10.3 Å². The molecule has 0 saturated carbocycles. The molecule has 0 aliphatic carbocycles. The number of halogens is 3. The first kappa shape index (κ1) is 21.5. The van der Waals surface area contributed by atoms with Crippen LogP contribution in [0.15, 0.2) is 36.8 Å². The van der Waals surface area contributed by atoms with E-state index in [1.807, 2.05) is 43.8 Å². The van der Waals surface area contributed by atoms with Crippen molar-refractivity contribution in [1.29, 1.82) is 0 Å². The molecule has 3 aromatic heterocycles. The highest BCUT2D eigenvalue weighted by atomic mass is 19.4. The van der Waals surface area contributed by atoms with Crippen LogP contribution < -0.4 is 10.1 Å². The molecule has 1 N–H and O–H groups in total. The summed E-state index contributed by atoms with van der Waals surface area (Å²) in [5.74, 6) is 0.293. The normalized spacial score (nSPS) is 20.2. The van der Waals surface area contributed by atoms with Gasteiger partial charge in [-0.2, -0.15) is 18.3 Å². The Balaban J connectivity index is 1.59. The Morgan fingerprint density at radius 1 is 1.26 bits per heavy atom. The summed E-state index contributed by atoms with van der Waals surface area (Å²) in [4.78, 5) is 8.99. The van der Waals surface area contributed by atoms with Crippen LogP contribution in [0.25, 0.3) is 22.2 Å². The van der Waals surface area contributed by atoms with Crippen molar-refractivity contribution in [2.75, 3.05) is 19.7 Å². The molecule has 3 aromatic rings. The van der Waals surface area contributed by atoms with Crippen LogP contribution in [0.1, 0.15) is 20.8 Å². The van der Waals surface area contributed by atoms with Crippen LogP contribution in [-0.4, -0.2) is 57.8 Å². The molecule has 10 heteroatoms. The van der Waals surface area contributed by atoms with Gasteiger partial charge in [-0.1, -0.05) is 0 Å². The summed E-state index contributed by atoms with van der Waals surface area (Å²) >= 11 is 0. The summed E-state index contributed by atoms with van der Waals surface area (Å²) in [6, 6.07) is 5.41. The van der Waals surface area contributed by atoms with Gasteiger partial charge in [0.05, 0.1) is 28.3 Å². The largest absolute Gasteiger partial charge is 0.474 e. The molecule has 166 valence electrons. The van der Waals surface area contributed by atoms with Gasteiger partial charge in [-0.05, 0) is 39.0 Å².